The molecule has 3 fully saturated rings. The first-order valence-electron chi connectivity index (χ1n) is 11.6. The van der Waals surface area contributed by atoms with E-state index in [0.717, 1.165) is 70.9 Å². The van der Waals surface area contributed by atoms with Crippen LogP contribution in [0.1, 0.15) is 39.0 Å². The number of aliphatic imine (C=N–C) groups is 1. The van der Waals surface area contributed by atoms with Crippen LogP contribution in [-0.2, 0) is 4.79 Å². The fraction of sp³-hybridized carbons (Fsp3) is 0.905. The van der Waals surface area contributed by atoms with Crippen molar-refractivity contribution in [3.8, 4) is 0 Å². The molecule has 0 aromatic rings. The highest BCUT2D eigenvalue weighted by molar-refractivity contribution is 14.0. The zero-order valence-electron chi connectivity index (χ0n) is 18.7. The van der Waals surface area contributed by atoms with E-state index in [9.17, 15) is 13.6 Å². The summed E-state index contributed by atoms with van der Waals surface area (Å²) < 4.78 is 25.1. The van der Waals surface area contributed by atoms with Crippen molar-refractivity contribution in [2.24, 2.45) is 10.9 Å². The van der Waals surface area contributed by atoms with E-state index >= 15 is 0 Å². The Bertz CT molecular complexity index is 562. The Morgan fingerprint density at radius 2 is 1.71 bits per heavy atom. The summed E-state index contributed by atoms with van der Waals surface area (Å²) >= 11 is 0. The maximum absolute atomic E-state index is 12.5. The largest absolute Gasteiger partial charge is 0.357 e. The first-order valence-corrected chi connectivity index (χ1v) is 11.6. The Labute approximate surface area is 202 Å². The molecule has 1 saturated carbocycles. The topological polar surface area (TPSA) is 63.2 Å². The van der Waals surface area contributed by atoms with Crippen molar-refractivity contribution in [3.05, 3.63) is 0 Å². The van der Waals surface area contributed by atoms with Gasteiger partial charge in [-0.15, -0.1) is 24.0 Å². The smallest absolute Gasteiger partial charge is 0.251 e. The van der Waals surface area contributed by atoms with Crippen molar-refractivity contribution in [3.63, 3.8) is 0 Å². The molecule has 3 rings (SSSR count). The summed E-state index contributed by atoms with van der Waals surface area (Å²) in [4.78, 5) is 23.3. The lowest BCUT2D eigenvalue weighted by molar-refractivity contribution is -0.139. The van der Waals surface area contributed by atoms with E-state index in [1.54, 1.807) is 0 Å². The van der Waals surface area contributed by atoms with Crippen LogP contribution < -0.4 is 10.6 Å². The minimum atomic E-state index is -2.26. The van der Waals surface area contributed by atoms with Crippen molar-refractivity contribution < 1.29 is 13.6 Å². The number of amides is 1. The molecule has 2 saturated heterocycles. The van der Waals surface area contributed by atoms with Gasteiger partial charge in [0.2, 0.25) is 5.91 Å². The van der Waals surface area contributed by atoms with Gasteiger partial charge in [-0.25, -0.2) is 8.78 Å². The number of hydrogen-bond acceptors (Lipinski definition) is 4. The average Bonchev–Trinajstić information content (AvgIpc) is 2.68. The molecule has 10 heteroatoms. The second-order valence-electron chi connectivity index (χ2n) is 8.67. The molecule has 0 atom stereocenters. The molecule has 0 unspecified atom stereocenters. The van der Waals surface area contributed by atoms with Crippen LogP contribution in [-0.4, -0.2) is 104 Å². The summed E-state index contributed by atoms with van der Waals surface area (Å²) in [6.45, 7) is 9.19. The molecule has 0 aromatic carbocycles. The Morgan fingerprint density at radius 3 is 2.26 bits per heavy atom. The van der Waals surface area contributed by atoms with E-state index in [4.69, 9.17) is 4.99 Å². The van der Waals surface area contributed by atoms with Crippen molar-refractivity contribution in [2.75, 3.05) is 65.4 Å². The molecule has 2 heterocycles. The molecule has 2 aliphatic heterocycles. The predicted octanol–water partition coefficient (Wildman–Crippen LogP) is 1.83. The zero-order chi connectivity index (χ0) is 21.3. The number of carbonyl (C=O) groups excluding carboxylic acids is 1. The van der Waals surface area contributed by atoms with Gasteiger partial charge in [-0.05, 0) is 32.6 Å². The van der Waals surface area contributed by atoms with E-state index in [1.165, 1.54) is 6.42 Å². The van der Waals surface area contributed by atoms with Gasteiger partial charge in [0.25, 0.3) is 6.43 Å². The molecule has 1 amide bonds. The number of rotatable bonds is 8. The van der Waals surface area contributed by atoms with Crippen molar-refractivity contribution >= 4 is 35.8 Å². The molecule has 0 spiro atoms. The highest BCUT2D eigenvalue weighted by atomic mass is 127. The number of carbonyl (C=O) groups is 1. The molecule has 7 nitrogen and oxygen atoms in total. The standard InChI is InChI=1S/C21H38F2N6O.HI/c1-2-24-21(26-18-6-9-28(10-7-18)16-19(22)23)25-8-11-27-12-14-29(15-13-27)20(30)17-4-3-5-17;/h17-19H,2-16H2,1H3,(H2,24,25,26);1H. The van der Waals surface area contributed by atoms with Gasteiger partial charge in [0, 0.05) is 64.3 Å². The highest BCUT2D eigenvalue weighted by Crippen LogP contribution is 2.28. The molecule has 0 bridgehead atoms. The third-order valence-electron chi connectivity index (χ3n) is 6.49. The fourth-order valence-electron chi connectivity index (χ4n) is 4.38. The van der Waals surface area contributed by atoms with Gasteiger partial charge in [0.1, 0.15) is 0 Å². The number of piperidine rings is 1. The first-order chi connectivity index (χ1) is 14.5. The van der Waals surface area contributed by atoms with Gasteiger partial charge in [-0.3, -0.25) is 19.6 Å². The number of nitrogens with zero attached hydrogens (tertiary/aromatic N) is 4. The molecule has 3 aliphatic rings. The monoisotopic (exact) mass is 556 g/mol. The lowest BCUT2D eigenvalue weighted by atomic mass is 9.84. The minimum Gasteiger partial charge on any atom is -0.357 e. The van der Waals surface area contributed by atoms with E-state index < -0.39 is 6.43 Å². The van der Waals surface area contributed by atoms with Crippen molar-refractivity contribution in [1.82, 2.24) is 25.3 Å². The summed E-state index contributed by atoms with van der Waals surface area (Å²) in [5.41, 5.74) is 0. The van der Waals surface area contributed by atoms with Gasteiger partial charge < -0.3 is 15.5 Å². The number of hydrogen-bond donors (Lipinski definition) is 2. The Balaban J connectivity index is 0.00000341. The molecular weight excluding hydrogens is 517 g/mol. The molecule has 2 N–H and O–H groups in total. The predicted molar refractivity (Wildman–Crippen MR) is 130 cm³/mol. The highest BCUT2D eigenvalue weighted by Gasteiger charge is 2.31. The summed E-state index contributed by atoms with van der Waals surface area (Å²) in [6, 6.07) is 0.276. The van der Waals surface area contributed by atoms with Crippen molar-refractivity contribution in [2.45, 2.75) is 51.5 Å². The molecular formula is C21H39F2IN6O. The average molecular weight is 556 g/mol. The second-order valence-corrected chi connectivity index (χ2v) is 8.67. The lowest BCUT2D eigenvalue weighted by Crippen LogP contribution is -2.51. The third-order valence-corrected chi connectivity index (χ3v) is 6.49. The summed E-state index contributed by atoms with van der Waals surface area (Å²) in [7, 11) is 0. The van der Waals surface area contributed by atoms with Crippen LogP contribution in [0.3, 0.4) is 0 Å². The molecule has 0 radical (unpaired) electrons. The Hall–Kier alpha value is -0.750. The maximum Gasteiger partial charge on any atom is 0.251 e. The van der Waals surface area contributed by atoms with Crippen LogP contribution >= 0.6 is 24.0 Å². The number of nitrogens with one attached hydrogen (secondary N) is 2. The van der Waals surface area contributed by atoms with Crippen LogP contribution in [0.2, 0.25) is 0 Å². The summed E-state index contributed by atoms with van der Waals surface area (Å²) in [6.07, 6.45) is 2.79. The van der Waals surface area contributed by atoms with Crippen molar-refractivity contribution in [1.29, 1.82) is 0 Å². The van der Waals surface area contributed by atoms with Gasteiger partial charge >= 0.3 is 0 Å². The fourth-order valence-corrected chi connectivity index (χ4v) is 4.38. The Kier molecular flexibility index (Phi) is 11.7. The summed E-state index contributed by atoms with van der Waals surface area (Å²) in [5, 5.41) is 6.76. The quantitative estimate of drug-likeness (QED) is 0.272. The number of guanidine groups is 1. The first kappa shape index (κ1) is 26.5. The van der Waals surface area contributed by atoms with Gasteiger partial charge in [0.15, 0.2) is 5.96 Å². The normalized spacial score (nSPS) is 22.2. The molecule has 180 valence electrons. The van der Waals surface area contributed by atoms with Crippen LogP contribution in [0, 0.1) is 5.92 Å². The van der Waals surface area contributed by atoms with Gasteiger partial charge in [0.05, 0.1) is 13.1 Å². The van der Waals surface area contributed by atoms with Crippen LogP contribution in [0.25, 0.3) is 0 Å². The van der Waals surface area contributed by atoms with E-state index in [2.05, 4.69) is 15.5 Å². The van der Waals surface area contributed by atoms with Gasteiger partial charge in [-0.2, -0.15) is 0 Å². The third kappa shape index (κ3) is 8.60. The molecule has 31 heavy (non-hydrogen) atoms. The van der Waals surface area contributed by atoms with E-state index in [1.807, 2.05) is 16.7 Å². The second kappa shape index (κ2) is 13.7. The van der Waals surface area contributed by atoms with Crippen LogP contribution in [0.5, 0.6) is 0 Å². The van der Waals surface area contributed by atoms with Crippen LogP contribution in [0.15, 0.2) is 4.99 Å². The zero-order valence-corrected chi connectivity index (χ0v) is 21.0. The Morgan fingerprint density at radius 1 is 1.03 bits per heavy atom. The molecule has 0 aromatic heterocycles. The van der Waals surface area contributed by atoms with E-state index in [-0.39, 0.29) is 42.5 Å². The number of likely N-dealkylation sites (tertiary alicyclic amines) is 1. The molecule has 1 aliphatic carbocycles. The maximum atomic E-state index is 12.5. The van der Waals surface area contributed by atoms with E-state index in [0.29, 0.717) is 25.5 Å². The number of halogens is 3. The number of piperazine rings is 1. The number of alkyl halides is 2. The van der Waals surface area contributed by atoms with Gasteiger partial charge in [-0.1, -0.05) is 6.42 Å². The van der Waals surface area contributed by atoms with Crippen LogP contribution in [0.4, 0.5) is 8.78 Å². The minimum absolute atomic E-state index is 0. The SMILES string of the molecule is CCNC(=NCCN1CCN(C(=O)C2CCC2)CC1)NC1CCN(CC(F)F)CC1.I. The summed E-state index contributed by atoms with van der Waals surface area (Å²) in [5.74, 6) is 1.46. The lowest BCUT2D eigenvalue weighted by Gasteiger charge is -2.38.